The largest absolute Gasteiger partial charge is 0.462 e. The van der Waals surface area contributed by atoms with E-state index in [0.29, 0.717) is 5.92 Å². The number of fused-ring (bicyclic) bond motifs is 2. The maximum Gasteiger partial charge on any atom is 0.309 e. The number of piperidine rings is 1. The summed E-state index contributed by atoms with van der Waals surface area (Å²) in [6.07, 6.45) is 8.68. The molecule has 3 fully saturated rings. The van der Waals surface area contributed by atoms with Crippen LogP contribution in [0.1, 0.15) is 38.8 Å². The first-order chi connectivity index (χ1) is 12.6. The molecule has 0 spiro atoms. The first-order valence-electron chi connectivity index (χ1n) is 9.54. The van der Waals surface area contributed by atoms with Gasteiger partial charge in [-0.1, -0.05) is 18.3 Å². The monoisotopic (exact) mass is 537 g/mol. The Balaban J connectivity index is 0.00000210. The van der Waals surface area contributed by atoms with Gasteiger partial charge in [0.2, 0.25) is 5.91 Å². The van der Waals surface area contributed by atoms with Gasteiger partial charge in [0.05, 0.1) is 5.92 Å². The Labute approximate surface area is 174 Å². The number of amides is 1. The van der Waals surface area contributed by atoms with Crippen molar-refractivity contribution in [2.24, 2.45) is 23.7 Å². The Morgan fingerprint density at radius 3 is 2.96 bits per heavy atom. The molecule has 1 amide bonds. The second-order valence-electron chi connectivity index (χ2n) is 7.77. The van der Waals surface area contributed by atoms with Crippen molar-refractivity contribution < 1.29 is 35.4 Å². The molecule has 2 saturated heterocycles. The molecule has 0 unspecified atom stereocenters. The number of pyridine rings is 1. The molecule has 1 saturated carbocycles. The zero-order chi connectivity index (χ0) is 18.3. The van der Waals surface area contributed by atoms with E-state index in [1.807, 2.05) is 30.0 Å². The van der Waals surface area contributed by atoms with Crippen molar-refractivity contribution in [1.29, 1.82) is 0 Å². The standard InChI is InChI=1S/C21H25N2O3.W/c1-13-20-17(9-8-15-6-3-4-10-22-15)16-7-5-11-23(14(2)24)19(16)12-18(20)21(25)26-13;/h3,6,8-10,13,16-20H,5,7,11-12H2,1-2H3;/q-1;/b9-8+;/t13-,16+,17+,18-,19+,20+;/m1./s1. The fourth-order valence-electron chi connectivity index (χ4n) is 5.35. The second-order valence-corrected chi connectivity index (χ2v) is 7.77. The Kier molecular flexibility index (Phi) is 6.20. The summed E-state index contributed by atoms with van der Waals surface area (Å²) in [6.45, 7) is 4.44. The van der Waals surface area contributed by atoms with E-state index in [-0.39, 0.29) is 62.8 Å². The number of aromatic nitrogens is 1. The molecule has 27 heavy (non-hydrogen) atoms. The number of carbonyl (C=O) groups excluding carboxylic acids is 2. The number of nitrogens with zero attached hydrogens (tertiary/aromatic N) is 2. The van der Waals surface area contributed by atoms with Crippen molar-refractivity contribution >= 4 is 18.0 Å². The summed E-state index contributed by atoms with van der Waals surface area (Å²) >= 11 is 0. The molecule has 3 heterocycles. The Morgan fingerprint density at radius 2 is 2.26 bits per heavy atom. The van der Waals surface area contributed by atoms with Gasteiger partial charge in [-0.2, -0.15) is 6.07 Å². The SMILES string of the molecule is CC(=O)N1CCC[C@H]2[C@H](/C=C/c3cc[c-]cn3)[C@@H]3[C@@H](C)OC(=O)[C@@H]3C[C@@H]21.[W]. The van der Waals surface area contributed by atoms with Crippen LogP contribution < -0.4 is 0 Å². The Morgan fingerprint density at radius 1 is 1.44 bits per heavy atom. The van der Waals surface area contributed by atoms with Crippen LogP contribution in [0.25, 0.3) is 6.08 Å². The van der Waals surface area contributed by atoms with Gasteiger partial charge in [0.15, 0.2) is 0 Å². The molecule has 1 aromatic heterocycles. The molecule has 4 rings (SSSR count). The second kappa shape index (κ2) is 8.26. The predicted octanol–water partition coefficient (Wildman–Crippen LogP) is 2.72. The molecule has 5 nitrogen and oxygen atoms in total. The molecular formula is C21H25N2O3W-. The van der Waals surface area contributed by atoms with Crippen LogP contribution in [0, 0.1) is 29.7 Å². The third kappa shape index (κ3) is 3.76. The van der Waals surface area contributed by atoms with E-state index >= 15 is 0 Å². The number of likely N-dealkylation sites (tertiary alicyclic amines) is 1. The summed E-state index contributed by atoms with van der Waals surface area (Å²) in [5.74, 6) is 0.673. The zero-order valence-electron chi connectivity index (χ0n) is 15.7. The Bertz CT molecular complexity index is 723. The van der Waals surface area contributed by atoms with Gasteiger partial charge < -0.3 is 9.64 Å². The molecule has 2 aliphatic heterocycles. The zero-order valence-corrected chi connectivity index (χ0v) is 18.6. The van der Waals surface area contributed by atoms with Crippen molar-refractivity contribution in [3.63, 3.8) is 0 Å². The van der Waals surface area contributed by atoms with Gasteiger partial charge in [-0.05, 0) is 43.7 Å². The molecule has 6 heteroatoms. The minimum Gasteiger partial charge on any atom is -0.462 e. The number of esters is 1. The van der Waals surface area contributed by atoms with E-state index in [4.69, 9.17) is 4.74 Å². The van der Waals surface area contributed by atoms with Crippen LogP contribution >= 0.6 is 0 Å². The average molecular weight is 537 g/mol. The first kappa shape index (κ1) is 20.3. The summed E-state index contributed by atoms with van der Waals surface area (Å²) < 4.78 is 5.60. The topological polar surface area (TPSA) is 59.5 Å². The molecule has 0 bridgehead atoms. The van der Waals surface area contributed by atoms with E-state index in [1.54, 1.807) is 13.1 Å². The number of carbonyl (C=O) groups is 2. The van der Waals surface area contributed by atoms with Crippen LogP contribution in [0.3, 0.4) is 0 Å². The quantitative estimate of drug-likeness (QED) is 0.431. The van der Waals surface area contributed by atoms with Crippen molar-refractivity contribution in [2.75, 3.05) is 6.54 Å². The van der Waals surface area contributed by atoms with E-state index in [0.717, 1.165) is 31.5 Å². The fourth-order valence-corrected chi connectivity index (χ4v) is 5.35. The number of rotatable bonds is 2. The maximum atomic E-state index is 12.4. The number of ether oxygens (including phenoxy) is 1. The molecular weight excluding hydrogens is 512 g/mol. The molecule has 6 atom stereocenters. The minimum atomic E-state index is -0.113. The van der Waals surface area contributed by atoms with Gasteiger partial charge in [-0.25, -0.2) is 12.1 Å². The average Bonchev–Trinajstić information content (AvgIpc) is 2.93. The summed E-state index contributed by atoms with van der Waals surface area (Å²) in [5, 5.41) is 0. The fraction of sp³-hybridized carbons (Fsp3) is 0.571. The van der Waals surface area contributed by atoms with Crippen LogP contribution in [0.4, 0.5) is 0 Å². The van der Waals surface area contributed by atoms with E-state index in [2.05, 4.69) is 17.1 Å². The molecule has 0 N–H and O–H groups in total. The van der Waals surface area contributed by atoms with Crippen LogP contribution in [0.2, 0.25) is 0 Å². The summed E-state index contributed by atoms with van der Waals surface area (Å²) in [5.41, 5.74) is 0.888. The van der Waals surface area contributed by atoms with Gasteiger partial charge in [-0.15, -0.1) is 0 Å². The molecule has 144 valence electrons. The summed E-state index contributed by atoms with van der Waals surface area (Å²) in [4.78, 5) is 30.9. The maximum absolute atomic E-state index is 12.4. The number of hydrogen-bond donors (Lipinski definition) is 0. The van der Waals surface area contributed by atoms with Crippen molar-refractivity contribution in [3.05, 3.63) is 36.2 Å². The van der Waals surface area contributed by atoms with E-state index in [9.17, 15) is 9.59 Å². The molecule has 0 aromatic carbocycles. The van der Waals surface area contributed by atoms with E-state index < -0.39 is 0 Å². The number of hydrogen-bond acceptors (Lipinski definition) is 4. The number of allylic oxidation sites excluding steroid dienone is 1. The van der Waals surface area contributed by atoms with Gasteiger partial charge in [0, 0.05) is 46.5 Å². The smallest absolute Gasteiger partial charge is 0.309 e. The van der Waals surface area contributed by atoms with Gasteiger partial charge in [0.25, 0.3) is 0 Å². The van der Waals surface area contributed by atoms with Crippen molar-refractivity contribution in [2.45, 2.75) is 45.3 Å². The van der Waals surface area contributed by atoms with Crippen molar-refractivity contribution in [1.82, 2.24) is 9.88 Å². The summed E-state index contributed by atoms with van der Waals surface area (Å²) in [7, 11) is 0. The van der Waals surface area contributed by atoms with Crippen LogP contribution in [-0.2, 0) is 35.4 Å². The molecule has 1 aromatic rings. The van der Waals surface area contributed by atoms with Crippen LogP contribution in [-0.4, -0.2) is 40.5 Å². The molecule has 3 aliphatic rings. The van der Waals surface area contributed by atoms with Gasteiger partial charge >= 0.3 is 5.97 Å². The molecule has 0 radical (unpaired) electrons. The Hall–Kier alpha value is -1.48. The molecule has 1 aliphatic carbocycles. The van der Waals surface area contributed by atoms with Crippen LogP contribution in [0.15, 0.2) is 24.4 Å². The van der Waals surface area contributed by atoms with Gasteiger partial charge in [0.1, 0.15) is 6.10 Å². The predicted molar refractivity (Wildman–Crippen MR) is 96.6 cm³/mol. The minimum absolute atomic E-state index is 0. The van der Waals surface area contributed by atoms with E-state index in [1.165, 1.54) is 0 Å². The van der Waals surface area contributed by atoms with Gasteiger partial charge in [-0.3, -0.25) is 14.6 Å². The number of cyclic esters (lactones) is 1. The van der Waals surface area contributed by atoms with Crippen molar-refractivity contribution in [3.8, 4) is 0 Å². The first-order valence-corrected chi connectivity index (χ1v) is 9.54. The third-order valence-corrected chi connectivity index (χ3v) is 6.41. The normalized spacial score (nSPS) is 35.2. The third-order valence-electron chi connectivity index (χ3n) is 6.41. The van der Waals surface area contributed by atoms with Crippen LogP contribution in [0.5, 0.6) is 0 Å². The summed E-state index contributed by atoms with van der Waals surface area (Å²) in [6, 6.07) is 6.84.